The molecule has 1 nitrogen and oxygen atoms in total. The monoisotopic (exact) mass is 198 g/mol. The Bertz CT molecular complexity index is 328. The van der Waals surface area contributed by atoms with Crippen molar-refractivity contribution in [2.45, 2.75) is 12.2 Å². The molecule has 1 atom stereocenters. The van der Waals surface area contributed by atoms with Crippen LogP contribution in [0.3, 0.4) is 0 Å². The first-order chi connectivity index (χ1) is 6.55. The van der Waals surface area contributed by atoms with Gasteiger partial charge in [0.15, 0.2) is 0 Å². The summed E-state index contributed by atoms with van der Waals surface area (Å²) < 4.78 is 37.5. The molecule has 0 saturated carbocycles. The molecule has 0 saturated heterocycles. The third-order valence-electron chi connectivity index (χ3n) is 2.00. The van der Waals surface area contributed by atoms with Gasteiger partial charge in [0.05, 0.1) is 6.07 Å². The predicted octanol–water partition coefficient (Wildman–Crippen LogP) is 3.07. The Kier molecular flexibility index (Phi) is 3.18. The molecular weight excluding hydrogens is 190 g/mol. The summed E-state index contributed by atoms with van der Waals surface area (Å²) in [6, 6.07) is 9.10. The Labute approximate surface area is 80.2 Å². The van der Waals surface area contributed by atoms with Gasteiger partial charge in [-0.1, -0.05) is 35.9 Å². The molecule has 0 fully saturated rings. The smallest absolute Gasteiger partial charge is 0.448 e. The van der Waals surface area contributed by atoms with Crippen molar-refractivity contribution in [1.29, 1.82) is 5.26 Å². The van der Waals surface area contributed by atoms with Crippen LogP contribution in [-0.2, 0) is 0 Å². The van der Waals surface area contributed by atoms with Crippen molar-refractivity contribution in [2.75, 3.05) is 0 Å². The van der Waals surface area contributed by atoms with Crippen LogP contribution < -0.4 is 0 Å². The summed E-state index contributed by atoms with van der Waals surface area (Å²) in [6.07, 6.45) is -0.506. The van der Waals surface area contributed by atoms with Gasteiger partial charge < -0.3 is 12.9 Å². The zero-order valence-electron chi connectivity index (χ0n) is 7.33. The molecule has 0 bridgehead atoms. The van der Waals surface area contributed by atoms with Crippen LogP contribution in [0.15, 0.2) is 30.3 Å². The third kappa shape index (κ3) is 2.53. The molecule has 74 valence electrons. The van der Waals surface area contributed by atoms with Gasteiger partial charge in [-0.3, -0.25) is 0 Å². The van der Waals surface area contributed by atoms with Gasteiger partial charge in [-0.25, -0.2) is 0 Å². The first-order valence-corrected chi connectivity index (χ1v) is 4.17. The highest BCUT2D eigenvalue weighted by atomic mass is 19.4. The fraction of sp³-hybridized carbons (Fsp3) is 0.222. The Morgan fingerprint density at radius 3 is 2.21 bits per heavy atom. The van der Waals surface area contributed by atoms with Crippen LogP contribution in [0.25, 0.3) is 0 Å². The average molecular weight is 198 g/mol. The number of nitrogens with zero attached hydrogens (tertiary/aromatic N) is 1. The van der Waals surface area contributed by atoms with E-state index < -0.39 is 19.2 Å². The lowest BCUT2D eigenvalue weighted by atomic mass is 9.67. The molecule has 0 spiro atoms. The van der Waals surface area contributed by atoms with E-state index in [2.05, 4.69) is 0 Å². The molecule has 14 heavy (non-hydrogen) atoms. The zero-order chi connectivity index (χ0) is 10.6. The van der Waals surface area contributed by atoms with E-state index in [1.165, 1.54) is 12.1 Å². The van der Waals surface area contributed by atoms with E-state index in [-0.39, 0.29) is 5.56 Å². The fourth-order valence-electron chi connectivity index (χ4n) is 1.27. The topological polar surface area (TPSA) is 23.8 Å². The largest absolute Gasteiger partial charge is 0.486 e. The number of halogens is 3. The van der Waals surface area contributed by atoms with Gasteiger partial charge in [-0.05, 0) is 5.82 Å². The summed E-state index contributed by atoms with van der Waals surface area (Å²) >= 11 is 0. The zero-order valence-corrected chi connectivity index (χ0v) is 7.33. The van der Waals surface area contributed by atoms with Crippen molar-refractivity contribution in [1.82, 2.24) is 0 Å². The summed E-state index contributed by atoms with van der Waals surface area (Å²) in [5.41, 5.74) is 0.168. The molecule has 1 unspecified atom stereocenters. The lowest BCUT2D eigenvalue weighted by Gasteiger charge is -2.24. The molecule has 0 heterocycles. The van der Waals surface area contributed by atoms with Crippen LogP contribution in [-0.4, -0.2) is 6.98 Å². The maximum absolute atomic E-state index is 12.5. The molecule has 5 heteroatoms. The first-order valence-electron chi connectivity index (χ1n) is 4.17. The SMILES string of the molecule is N#CCC(c1ccccc1)[B-](F)(F)F. The lowest BCUT2D eigenvalue weighted by molar-refractivity contribution is 0.439. The Balaban J connectivity index is 2.96. The number of hydrogen-bond acceptors (Lipinski definition) is 1. The van der Waals surface area contributed by atoms with Gasteiger partial charge in [0.1, 0.15) is 0 Å². The Morgan fingerprint density at radius 2 is 1.79 bits per heavy atom. The lowest BCUT2D eigenvalue weighted by Crippen LogP contribution is -2.26. The van der Waals surface area contributed by atoms with Crippen molar-refractivity contribution in [3.63, 3.8) is 0 Å². The van der Waals surface area contributed by atoms with E-state index >= 15 is 0 Å². The Morgan fingerprint density at radius 1 is 1.21 bits per heavy atom. The van der Waals surface area contributed by atoms with Gasteiger partial charge in [0.2, 0.25) is 0 Å². The molecule has 0 radical (unpaired) electrons. The quantitative estimate of drug-likeness (QED) is 0.684. The van der Waals surface area contributed by atoms with Crippen LogP contribution in [0.1, 0.15) is 17.8 Å². The second-order valence-electron chi connectivity index (χ2n) is 3.00. The van der Waals surface area contributed by atoms with Gasteiger partial charge >= 0.3 is 6.98 Å². The molecule has 0 aromatic heterocycles. The summed E-state index contributed by atoms with van der Waals surface area (Å²) in [6.45, 7) is -4.99. The molecule has 0 aliphatic rings. The molecule has 0 aliphatic carbocycles. The molecule has 1 rings (SSSR count). The average Bonchev–Trinajstić information content (AvgIpc) is 2.14. The normalized spacial score (nSPS) is 13.3. The minimum absolute atomic E-state index is 0.168. The number of benzene rings is 1. The highest BCUT2D eigenvalue weighted by molar-refractivity contribution is 6.60. The van der Waals surface area contributed by atoms with E-state index in [0.29, 0.717) is 0 Å². The van der Waals surface area contributed by atoms with Crippen molar-refractivity contribution in [3.05, 3.63) is 35.9 Å². The van der Waals surface area contributed by atoms with Crippen LogP contribution in [0.4, 0.5) is 12.9 Å². The van der Waals surface area contributed by atoms with E-state index in [1.54, 1.807) is 24.3 Å². The first kappa shape index (κ1) is 10.6. The third-order valence-corrected chi connectivity index (χ3v) is 2.00. The minimum Gasteiger partial charge on any atom is -0.448 e. The van der Waals surface area contributed by atoms with Crippen molar-refractivity contribution in [2.24, 2.45) is 0 Å². The fourth-order valence-corrected chi connectivity index (χ4v) is 1.27. The standard InChI is InChI=1S/C9H8BF3N/c11-10(12,13)9(6-7-14)8-4-2-1-3-5-8/h1-5,9H,6H2/q-1. The Hall–Kier alpha value is -1.44. The van der Waals surface area contributed by atoms with Crippen LogP contribution in [0, 0.1) is 11.3 Å². The molecule has 0 aliphatic heterocycles. The van der Waals surface area contributed by atoms with Crippen molar-refractivity contribution in [3.8, 4) is 6.07 Å². The number of hydrogen-bond donors (Lipinski definition) is 0. The second-order valence-corrected chi connectivity index (χ2v) is 3.00. The maximum atomic E-state index is 12.5. The van der Waals surface area contributed by atoms with Crippen LogP contribution in [0.5, 0.6) is 0 Å². The molecule has 0 N–H and O–H groups in total. The van der Waals surface area contributed by atoms with Gasteiger partial charge in [-0.2, -0.15) is 5.26 Å². The van der Waals surface area contributed by atoms with E-state index in [4.69, 9.17) is 5.26 Å². The molecule has 1 aromatic carbocycles. The van der Waals surface area contributed by atoms with Crippen LogP contribution in [0.2, 0.25) is 0 Å². The molecule has 1 aromatic rings. The minimum atomic E-state index is -4.99. The number of nitriles is 1. The van der Waals surface area contributed by atoms with Crippen LogP contribution >= 0.6 is 0 Å². The maximum Gasteiger partial charge on any atom is 0.486 e. The summed E-state index contributed by atoms with van der Waals surface area (Å²) in [7, 11) is 0. The van der Waals surface area contributed by atoms with Gasteiger partial charge in [-0.15, -0.1) is 0 Å². The predicted molar refractivity (Wildman–Crippen MR) is 48.5 cm³/mol. The molecular formula is C9H8BF3N-. The van der Waals surface area contributed by atoms with E-state index in [9.17, 15) is 12.9 Å². The van der Waals surface area contributed by atoms with Gasteiger partial charge in [0, 0.05) is 6.42 Å². The highest BCUT2D eigenvalue weighted by Crippen LogP contribution is 2.32. The highest BCUT2D eigenvalue weighted by Gasteiger charge is 2.35. The van der Waals surface area contributed by atoms with Crippen molar-refractivity contribution < 1.29 is 12.9 Å². The van der Waals surface area contributed by atoms with Crippen molar-refractivity contribution >= 4 is 6.98 Å². The van der Waals surface area contributed by atoms with E-state index in [1.807, 2.05) is 0 Å². The summed E-state index contributed by atoms with van der Waals surface area (Å²) in [5.74, 6) is -1.61. The molecule has 0 amide bonds. The van der Waals surface area contributed by atoms with Gasteiger partial charge in [0.25, 0.3) is 0 Å². The summed E-state index contributed by atoms with van der Waals surface area (Å²) in [5, 5.41) is 8.32. The second kappa shape index (κ2) is 4.18. The number of rotatable bonds is 3. The summed E-state index contributed by atoms with van der Waals surface area (Å²) in [4.78, 5) is 0. The van der Waals surface area contributed by atoms with E-state index in [0.717, 1.165) is 0 Å².